The van der Waals surface area contributed by atoms with Crippen LogP contribution >= 0.6 is 11.6 Å². The maximum atomic E-state index is 13.2. The molecule has 1 unspecified atom stereocenters. The molecule has 2 heterocycles. The van der Waals surface area contributed by atoms with Crippen molar-refractivity contribution in [2.24, 2.45) is 5.73 Å². The Morgan fingerprint density at radius 2 is 2.10 bits per heavy atom. The van der Waals surface area contributed by atoms with Gasteiger partial charge in [-0.3, -0.25) is 4.79 Å². The summed E-state index contributed by atoms with van der Waals surface area (Å²) in [6.45, 7) is 2.03. The first-order chi connectivity index (χ1) is 14.7. The van der Waals surface area contributed by atoms with Crippen molar-refractivity contribution < 1.29 is 22.7 Å². The van der Waals surface area contributed by atoms with Crippen LogP contribution in [-0.4, -0.2) is 42.4 Å². The molecule has 1 aromatic carbocycles. The smallest absolute Gasteiger partial charge is 0.434 e. The van der Waals surface area contributed by atoms with Crippen molar-refractivity contribution in [2.75, 3.05) is 6.61 Å². The highest BCUT2D eigenvalue weighted by atomic mass is 35.5. The topological polar surface area (TPSA) is 144 Å². The van der Waals surface area contributed by atoms with Gasteiger partial charge in [0.2, 0.25) is 0 Å². The predicted octanol–water partition coefficient (Wildman–Crippen LogP) is 3.24. The van der Waals surface area contributed by atoms with E-state index < -0.39 is 26.8 Å². The van der Waals surface area contributed by atoms with Crippen molar-refractivity contribution in [3.8, 4) is 5.75 Å². The number of carbonyl (C=O) groups excluding carboxylic acids is 1. The summed E-state index contributed by atoms with van der Waals surface area (Å²) in [5.41, 5.74) is 5.89. The minimum Gasteiger partial charge on any atom is -0.434 e. The summed E-state index contributed by atoms with van der Waals surface area (Å²) in [4.78, 5) is 29.8. The maximum Gasteiger partial charge on any atom is 0.513 e. The fourth-order valence-electron chi connectivity index (χ4n) is 3.94. The average Bonchev–Trinajstić information content (AvgIpc) is 3.33. The molecule has 1 aliphatic carbocycles. The Hall–Kier alpha value is -2.56. The predicted molar refractivity (Wildman–Crippen MR) is 117 cm³/mol. The zero-order chi connectivity index (χ0) is 22.3. The standard InChI is InChI=1S/C20H22ClN3O6S/c1-2-5-29-20(26)30-15-9-23-18-17(15)12-7-16(13(21)8-14(12)24-19(18)25)31(27,28)11-4-3-10(22)6-11/h7-11,23H,2-6,22H2,1H3,(H,24,25)/t10?,11-/m0/s1. The number of hydrogen-bond acceptors (Lipinski definition) is 7. The second-order valence-corrected chi connectivity index (χ2v) is 10.2. The van der Waals surface area contributed by atoms with Gasteiger partial charge in [-0.1, -0.05) is 18.5 Å². The van der Waals surface area contributed by atoms with Gasteiger partial charge in [-0.2, -0.15) is 0 Å². The minimum atomic E-state index is -3.75. The molecule has 0 saturated heterocycles. The first-order valence-electron chi connectivity index (χ1n) is 9.93. The normalized spacial score (nSPS) is 19.2. The number of benzene rings is 1. The Morgan fingerprint density at radius 3 is 2.77 bits per heavy atom. The van der Waals surface area contributed by atoms with E-state index in [0.29, 0.717) is 36.6 Å². The van der Waals surface area contributed by atoms with E-state index in [-0.39, 0.29) is 39.2 Å². The molecule has 4 N–H and O–H groups in total. The van der Waals surface area contributed by atoms with E-state index in [1.807, 2.05) is 6.92 Å². The monoisotopic (exact) mass is 467 g/mol. The third-order valence-corrected chi connectivity index (χ3v) is 8.13. The van der Waals surface area contributed by atoms with E-state index >= 15 is 0 Å². The number of nitrogens with two attached hydrogens (primary N) is 1. The summed E-state index contributed by atoms with van der Waals surface area (Å²) >= 11 is 6.32. The maximum absolute atomic E-state index is 13.2. The largest absolute Gasteiger partial charge is 0.513 e. The molecule has 11 heteroatoms. The first-order valence-corrected chi connectivity index (χ1v) is 11.9. The zero-order valence-corrected chi connectivity index (χ0v) is 18.3. The number of pyridine rings is 1. The van der Waals surface area contributed by atoms with Crippen LogP contribution in [0.2, 0.25) is 5.02 Å². The molecule has 2 atom stereocenters. The molecular weight excluding hydrogens is 446 g/mol. The van der Waals surface area contributed by atoms with Gasteiger partial charge in [0.25, 0.3) is 5.56 Å². The summed E-state index contributed by atoms with van der Waals surface area (Å²) in [6.07, 6.45) is 2.50. The number of carbonyl (C=O) groups is 1. The number of hydrogen-bond donors (Lipinski definition) is 3. The van der Waals surface area contributed by atoms with Gasteiger partial charge in [0.1, 0.15) is 5.52 Å². The quantitative estimate of drug-likeness (QED) is 0.488. The SMILES string of the molecule is CCCOC(=O)Oc1c[nH]c2c(=O)[nH]c3cc(Cl)c(S(=O)(=O)[C@H]4CCC(N)C4)cc3c12. The van der Waals surface area contributed by atoms with Crippen LogP contribution in [0.5, 0.6) is 5.75 Å². The Labute approximate surface area is 182 Å². The van der Waals surface area contributed by atoms with Crippen LogP contribution in [0, 0.1) is 0 Å². The lowest BCUT2D eigenvalue weighted by Gasteiger charge is -2.14. The summed E-state index contributed by atoms with van der Waals surface area (Å²) in [5.74, 6) is 0.0563. The summed E-state index contributed by atoms with van der Waals surface area (Å²) < 4.78 is 36.7. The van der Waals surface area contributed by atoms with Gasteiger partial charge in [-0.25, -0.2) is 13.2 Å². The lowest BCUT2D eigenvalue weighted by Crippen LogP contribution is -2.22. The van der Waals surface area contributed by atoms with E-state index in [1.54, 1.807) is 0 Å². The Morgan fingerprint density at radius 1 is 1.32 bits per heavy atom. The molecule has 0 spiro atoms. The number of fused-ring (bicyclic) bond motifs is 3. The van der Waals surface area contributed by atoms with Crippen molar-refractivity contribution in [1.82, 2.24) is 9.97 Å². The zero-order valence-electron chi connectivity index (χ0n) is 16.7. The molecule has 0 bridgehead atoms. The van der Waals surface area contributed by atoms with Gasteiger partial charge in [-0.05, 0) is 37.8 Å². The molecule has 31 heavy (non-hydrogen) atoms. The Bertz CT molecular complexity index is 1330. The van der Waals surface area contributed by atoms with Crippen molar-refractivity contribution >= 4 is 49.4 Å². The highest BCUT2D eigenvalue weighted by Gasteiger charge is 2.35. The van der Waals surface area contributed by atoms with Gasteiger partial charge in [-0.15, -0.1) is 0 Å². The number of sulfone groups is 1. The molecule has 1 aliphatic rings. The number of nitrogens with one attached hydrogen (secondary N) is 2. The number of H-pyrrole nitrogens is 2. The minimum absolute atomic E-state index is 0.00308. The number of rotatable bonds is 5. The lowest BCUT2D eigenvalue weighted by molar-refractivity contribution is 0.0997. The highest BCUT2D eigenvalue weighted by Crippen LogP contribution is 2.38. The molecule has 166 valence electrons. The van der Waals surface area contributed by atoms with Crippen molar-refractivity contribution in [3.05, 3.63) is 33.7 Å². The van der Waals surface area contributed by atoms with E-state index in [1.165, 1.54) is 18.3 Å². The second kappa shape index (κ2) is 8.18. The third kappa shape index (κ3) is 3.90. The van der Waals surface area contributed by atoms with E-state index in [2.05, 4.69) is 9.97 Å². The van der Waals surface area contributed by atoms with Gasteiger partial charge >= 0.3 is 6.16 Å². The molecule has 3 aromatic rings. The average molecular weight is 468 g/mol. The van der Waals surface area contributed by atoms with E-state index in [9.17, 15) is 18.0 Å². The van der Waals surface area contributed by atoms with Crippen LogP contribution in [0.3, 0.4) is 0 Å². The van der Waals surface area contributed by atoms with Crippen LogP contribution < -0.4 is 16.0 Å². The van der Waals surface area contributed by atoms with E-state index in [4.69, 9.17) is 26.8 Å². The Balaban J connectivity index is 1.88. The van der Waals surface area contributed by atoms with Gasteiger partial charge in [0, 0.05) is 17.6 Å². The number of ether oxygens (including phenoxy) is 2. The molecule has 2 aromatic heterocycles. The fraction of sp³-hybridized carbons (Fsp3) is 0.400. The summed E-state index contributed by atoms with van der Waals surface area (Å²) in [7, 11) is -3.75. The lowest BCUT2D eigenvalue weighted by atomic mass is 10.1. The number of aromatic nitrogens is 2. The highest BCUT2D eigenvalue weighted by molar-refractivity contribution is 7.92. The van der Waals surface area contributed by atoms with E-state index in [0.717, 1.165) is 0 Å². The summed E-state index contributed by atoms with van der Waals surface area (Å²) in [6, 6.07) is 2.64. The van der Waals surface area contributed by atoms with Crippen LogP contribution in [0.25, 0.3) is 21.8 Å². The third-order valence-electron chi connectivity index (χ3n) is 5.45. The molecule has 0 radical (unpaired) electrons. The molecule has 9 nitrogen and oxygen atoms in total. The Kier molecular flexibility index (Phi) is 5.71. The van der Waals surface area contributed by atoms with Crippen molar-refractivity contribution in [3.63, 3.8) is 0 Å². The number of aromatic amines is 2. The fourth-order valence-corrected chi connectivity index (χ4v) is 6.34. The van der Waals surface area contributed by atoms with Crippen molar-refractivity contribution in [2.45, 2.75) is 48.8 Å². The molecule has 1 saturated carbocycles. The molecule has 0 amide bonds. The molecular formula is C20H22ClN3O6S. The summed E-state index contributed by atoms with van der Waals surface area (Å²) in [5, 5.41) is 0.0212. The van der Waals surface area contributed by atoms with Crippen molar-refractivity contribution in [1.29, 1.82) is 0 Å². The van der Waals surface area contributed by atoms with Gasteiger partial charge in [0.15, 0.2) is 15.6 Å². The second-order valence-electron chi connectivity index (χ2n) is 7.63. The van der Waals surface area contributed by atoms with Gasteiger partial charge in [0.05, 0.1) is 32.7 Å². The molecule has 4 rings (SSSR count). The number of halogens is 1. The van der Waals surface area contributed by atoms with Crippen LogP contribution in [0.1, 0.15) is 32.6 Å². The molecule has 0 aliphatic heterocycles. The van der Waals surface area contributed by atoms with Crippen LogP contribution in [-0.2, 0) is 14.6 Å². The molecule has 1 fully saturated rings. The van der Waals surface area contributed by atoms with Gasteiger partial charge < -0.3 is 25.2 Å². The van der Waals surface area contributed by atoms with Crippen LogP contribution in [0.4, 0.5) is 4.79 Å². The first kappa shape index (κ1) is 21.7. The van der Waals surface area contributed by atoms with Crippen LogP contribution in [0.15, 0.2) is 28.0 Å².